The molecule has 0 saturated carbocycles. The summed E-state index contributed by atoms with van der Waals surface area (Å²) >= 11 is 0. The largest absolute Gasteiger partial charge is 0.504 e. The predicted octanol–water partition coefficient (Wildman–Crippen LogP) is 6.80. The van der Waals surface area contributed by atoms with Crippen molar-refractivity contribution >= 4 is 6.29 Å². The van der Waals surface area contributed by atoms with Gasteiger partial charge in [0.15, 0.2) is 17.8 Å². The maximum Gasteiger partial charge on any atom is 0.168 e. The van der Waals surface area contributed by atoms with Crippen LogP contribution in [-0.2, 0) is 0 Å². The van der Waals surface area contributed by atoms with Crippen LogP contribution in [-0.4, -0.2) is 34.7 Å². The van der Waals surface area contributed by atoms with Gasteiger partial charge in [0, 0.05) is 22.4 Å². The highest BCUT2D eigenvalue weighted by atomic mass is 16.5. The molecular formula is C31H26N2O4. The van der Waals surface area contributed by atoms with Crippen LogP contribution in [0.15, 0.2) is 97.1 Å². The monoisotopic (exact) mass is 490 g/mol. The van der Waals surface area contributed by atoms with Crippen molar-refractivity contribution < 1.29 is 19.4 Å². The van der Waals surface area contributed by atoms with Gasteiger partial charge in [-0.3, -0.25) is 9.36 Å². The zero-order valence-electron chi connectivity index (χ0n) is 20.6. The van der Waals surface area contributed by atoms with Crippen LogP contribution in [0.2, 0.25) is 0 Å². The van der Waals surface area contributed by atoms with Gasteiger partial charge in [0.1, 0.15) is 11.6 Å². The number of methoxy groups -OCH3 is 1. The lowest BCUT2D eigenvalue weighted by Gasteiger charge is -2.15. The number of aromatic hydroxyl groups is 1. The number of benzene rings is 4. The van der Waals surface area contributed by atoms with Crippen LogP contribution >= 0.6 is 0 Å². The number of hydrogen-bond acceptors (Lipinski definition) is 5. The second kappa shape index (κ2) is 10.4. The third kappa shape index (κ3) is 4.57. The summed E-state index contributed by atoms with van der Waals surface area (Å²) in [6.45, 7) is 2.52. The van der Waals surface area contributed by atoms with Gasteiger partial charge in [0.05, 0.1) is 30.7 Å². The van der Waals surface area contributed by atoms with Crippen molar-refractivity contribution in [3.8, 4) is 56.8 Å². The van der Waals surface area contributed by atoms with Crippen LogP contribution in [0.5, 0.6) is 17.2 Å². The first-order valence-electron chi connectivity index (χ1n) is 12.0. The Bertz CT molecular complexity index is 1530. The molecule has 37 heavy (non-hydrogen) atoms. The molecule has 1 N–H and O–H groups in total. The molecule has 0 amide bonds. The van der Waals surface area contributed by atoms with Gasteiger partial charge in [-0.15, -0.1) is 0 Å². The number of carbonyl (C=O) groups excluding carboxylic acids is 1. The zero-order chi connectivity index (χ0) is 25.8. The maximum absolute atomic E-state index is 11.8. The molecule has 0 aliphatic heterocycles. The van der Waals surface area contributed by atoms with Gasteiger partial charge >= 0.3 is 0 Å². The lowest BCUT2D eigenvalue weighted by atomic mass is 10.0. The van der Waals surface area contributed by atoms with Crippen LogP contribution in [0.3, 0.4) is 0 Å². The molecule has 1 heterocycles. The van der Waals surface area contributed by atoms with E-state index in [2.05, 4.69) is 4.57 Å². The van der Waals surface area contributed by atoms with Crippen molar-refractivity contribution in [1.29, 1.82) is 0 Å². The fourth-order valence-electron chi connectivity index (χ4n) is 4.39. The van der Waals surface area contributed by atoms with Crippen LogP contribution in [0.4, 0.5) is 0 Å². The predicted molar refractivity (Wildman–Crippen MR) is 145 cm³/mol. The Kier molecular flexibility index (Phi) is 6.72. The van der Waals surface area contributed by atoms with Crippen LogP contribution in [0, 0.1) is 0 Å². The van der Waals surface area contributed by atoms with Crippen molar-refractivity contribution in [3.05, 3.63) is 103 Å². The van der Waals surface area contributed by atoms with Gasteiger partial charge in [-0.05, 0) is 43.3 Å². The molecule has 0 saturated heterocycles. The summed E-state index contributed by atoms with van der Waals surface area (Å²) in [6, 6.07) is 31.2. The standard InChI is InChI=1S/C31H26N2O4/c1-3-37-26-16-14-25(15-17-26)33-29(22-12-8-5-9-13-22)28(21-10-6-4-7-11-21)32-31(33)23-18-24(20-34)30(35)27(19-23)36-2/h4-20,35H,3H2,1-2H3. The number of phenols is 1. The van der Waals surface area contributed by atoms with E-state index in [9.17, 15) is 9.90 Å². The molecule has 0 unspecified atom stereocenters. The Morgan fingerprint density at radius 1 is 0.865 bits per heavy atom. The molecule has 184 valence electrons. The van der Waals surface area contributed by atoms with E-state index in [1.54, 1.807) is 12.1 Å². The average molecular weight is 491 g/mol. The second-order valence-corrected chi connectivity index (χ2v) is 8.36. The fraction of sp³-hybridized carbons (Fsp3) is 0.0968. The van der Waals surface area contributed by atoms with Crippen molar-refractivity contribution in [2.45, 2.75) is 6.92 Å². The van der Waals surface area contributed by atoms with Gasteiger partial charge in [-0.1, -0.05) is 60.7 Å². The minimum atomic E-state index is -0.202. The van der Waals surface area contributed by atoms with E-state index in [0.29, 0.717) is 24.3 Å². The number of carbonyl (C=O) groups is 1. The summed E-state index contributed by atoms with van der Waals surface area (Å²) in [7, 11) is 1.46. The van der Waals surface area contributed by atoms with Gasteiger partial charge < -0.3 is 14.6 Å². The molecule has 0 spiro atoms. The normalized spacial score (nSPS) is 10.8. The van der Waals surface area contributed by atoms with Crippen molar-refractivity contribution in [3.63, 3.8) is 0 Å². The number of aldehydes is 1. The first-order valence-corrected chi connectivity index (χ1v) is 12.0. The molecule has 6 nitrogen and oxygen atoms in total. The number of hydrogen-bond donors (Lipinski definition) is 1. The van der Waals surface area contributed by atoms with E-state index in [1.807, 2.05) is 91.9 Å². The molecule has 4 aromatic carbocycles. The van der Waals surface area contributed by atoms with Crippen molar-refractivity contribution in [2.24, 2.45) is 0 Å². The fourth-order valence-corrected chi connectivity index (χ4v) is 4.39. The molecule has 0 radical (unpaired) electrons. The quantitative estimate of drug-likeness (QED) is 0.242. The molecule has 0 aliphatic carbocycles. The first kappa shape index (κ1) is 23.9. The molecule has 6 heteroatoms. The number of ether oxygens (including phenoxy) is 2. The summed E-state index contributed by atoms with van der Waals surface area (Å²) < 4.78 is 13.1. The Hall–Kier alpha value is -4.84. The topological polar surface area (TPSA) is 73.6 Å². The molecular weight excluding hydrogens is 464 g/mol. The number of imidazole rings is 1. The zero-order valence-corrected chi connectivity index (χ0v) is 20.6. The summed E-state index contributed by atoms with van der Waals surface area (Å²) in [5, 5.41) is 10.4. The van der Waals surface area contributed by atoms with E-state index in [0.717, 1.165) is 34.0 Å². The average Bonchev–Trinajstić information content (AvgIpc) is 3.35. The Morgan fingerprint density at radius 3 is 2.11 bits per heavy atom. The van der Waals surface area contributed by atoms with Crippen molar-refractivity contribution in [2.75, 3.05) is 13.7 Å². The van der Waals surface area contributed by atoms with Gasteiger partial charge in [0.2, 0.25) is 0 Å². The SMILES string of the molecule is CCOc1ccc(-n2c(-c3cc(C=O)c(O)c(OC)c3)nc(-c3ccccc3)c2-c2ccccc2)cc1. The Labute approximate surface area is 215 Å². The van der Waals surface area contributed by atoms with Crippen LogP contribution in [0.1, 0.15) is 17.3 Å². The number of phenolic OH excluding ortho intramolecular Hbond substituents is 1. The van der Waals surface area contributed by atoms with Crippen LogP contribution < -0.4 is 9.47 Å². The second-order valence-electron chi connectivity index (χ2n) is 8.36. The minimum Gasteiger partial charge on any atom is -0.504 e. The smallest absolute Gasteiger partial charge is 0.168 e. The summed E-state index contributed by atoms with van der Waals surface area (Å²) in [5.74, 6) is 1.37. The summed E-state index contributed by atoms with van der Waals surface area (Å²) in [6.07, 6.45) is 0.613. The molecule has 1 aromatic heterocycles. The summed E-state index contributed by atoms with van der Waals surface area (Å²) in [4.78, 5) is 16.9. The maximum atomic E-state index is 11.8. The van der Waals surface area contributed by atoms with E-state index in [4.69, 9.17) is 14.5 Å². The molecule has 0 fully saturated rings. The van der Waals surface area contributed by atoms with E-state index in [-0.39, 0.29) is 17.1 Å². The third-order valence-electron chi connectivity index (χ3n) is 6.09. The number of aromatic nitrogens is 2. The highest BCUT2D eigenvalue weighted by molar-refractivity contribution is 5.87. The molecule has 5 aromatic rings. The van der Waals surface area contributed by atoms with Crippen LogP contribution in [0.25, 0.3) is 39.6 Å². The first-order chi connectivity index (χ1) is 18.1. The number of nitrogens with zero attached hydrogens (tertiary/aromatic N) is 2. The van der Waals surface area contributed by atoms with Crippen molar-refractivity contribution in [1.82, 2.24) is 9.55 Å². The molecule has 5 rings (SSSR count). The molecule has 0 bridgehead atoms. The summed E-state index contributed by atoms with van der Waals surface area (Å²) in [5.41, 5.74) is 5.24. The minimum absolute atomic E-state index is 0.123. The van der Waals surface area contributed by atoms with Gasteiger partial charge in [0.25, 0.3) is 0 Å². The highest BCUT2D eigenvalue weighted by Gasteiger charge is 2.24. The van der Waals surface area contributed by atoms with E-state index >= 15 is 0 Å². The van der Waals surface area contributed by atoms with Gasteiger partial charge in [-0.25, -0.2) is 4.98 Å². The Morgan fingerprint density at radius 2 is 1.51 bits per heavy atom. The Balaban J connectivity index is 1.86. The third-order valence-corrected chi connectivity index (χ3v) is 6.09. The number of rotatable bonds is 8. The van der Waals surface area contributed by atoms with Gasteiger partial charge in [-0.2, -0.15) is 0 Å². The lowest BCUT2D eigenvalue weighted by molar-refractivity contribution is 0.112. The van der Waals surface area contributed by atoms with E-state index < -0.39 is 0 Å². The highest BCUT2D eigenvalue weighted by Crippen LogP contribution is 2.41. The molecule has 0 aliphatic rings. The lowest BCUT2D eigenvalue weighted by Crippen LogP contribution is -2.02. The molecule has 0 atom stereocenters. The van der Waals surface area contributed by atoms with E-state index in [1.165, 1.54) is 7.11 Å².